The number of rotatable bonds is 9. The van der Waals surface area contributed by atoms with E-state index in [2.05, 4.69) is 24.4 Å². The smallest absolute Gasteiger partial charge is 0.260 e. The third-order valence-electron chi connectivity index (χ3n) is 3.63. The first-order valence-electron chi connectivity index (χ1n) is 8.50. The van der Waals surface area contributed by atoms with Crippen LogP contribution in [0.5, 0.6) is 11.5 Å². The molecule has 1 unspecified atom stereocenters. The molecule has 1 N–H and O–H groups in total. The van der Waals surface area contributed by atoms with Gasteiger partial charge in [0.05, 0.1) is 6.54 Å². The van der Waals surface area contributed by atoms with Crippen LogP contribution in [0.1, 0.15) is 25.8 Å². The normalized spacial score (nSPS) is 11.6. The first-order chi connectivity index (χ1) is 12.1. The highest BCUT2D eigenvalue weighted by Gasteiger charge is 2.13. The molecule has 2 rings (SSSR count). The van der Waals surface area contributed by atoms with Crippen molar-refractivity contribution in [3.05, 3.63) is 59.1 Å². The summed E-state index contributed by atoms with van der Waals surface area (Å²) in [5.41, 5.74) is 1.30. The molecule has 0 saturated carbocycles. The molecule has 0 heterocycles. The zero-order chi connectivity index (χ0) is 18.1. The monoisotopic (exact) mass is 361 g/mol. The number of amides is 1. The lowest BCUT2D eigenvalue weighted by molar-refractivity contribution is -0.127. The van der Waals surface area contributed by atoms with E-state index in [0.29, 0.717) is 23.9 Å². The minimum Gasteiger partial charge on any atom is -0.492 e. The fraction of sp³-hybridized carbons (Fsp3) is 0.350. The molecule has 5 heteroatoms. The summed E-state index contributed by atoms with van der Waals surface area (Å²) in [6.07, 6.45) is 1.61. The molecule has 0 fully saturated rings. The fourth-order valence-electron chi connectivity index (χ4n) is 2.30. The average Bonchev–Trinajstić information content (AvgIpc) is 2.62. The van der Waals surface area contributed by atoms with Gasteiger partial charge in [0.1, 0.15) is 18.1 Å². The summed E-state index contributed by atoms with van der Waals surface area (Å²) in [6, 6.07) is 15.0. The van der Waals surface area contributed by atoms with Gasteiger partial charge in [0.2, 0.25) is 0 Å². The topological polar surface area (TPSA) is 47.6 Å². The van der Waals surface area contributed by atoms with E-state index in [1.165, 1.54) is 5.56 Å². The summed E-state index contributed by atoms with van der Waals surface area (Å²) in [5, 5.41) is 3.43. The lowest BCUT2D eigenvalue weighted by atomic mass is 10.1. The quantitative estimate of drug-likeness (QED) is 0.679. The predicted octanol–water partition coefficient (Wildman–Crippen LogP) is 4.26. The molecule has 0 aliphatic heterocycles. The van der Waals surface area contributed by atoms with Crippen LogP contribution in [0.2, 0.25) is 5.02 Å². The van der Waals surface area contributed by atoms with Crippen molar-refractivity contribution in [1.29, 1.82) is 0 Å². The zero-order valence-electron chi connectivity index (χ0n) is 14.6. The van der Waals surface area contributed by atoms with Crippen LogP contribution in [0.15, 0.2) is 48.5 Å². The summed E-state index contributed by atoms with van der Waals surface area (Å²) >= 11 is 5.82. The van der Waals surface area contributed by atoms with Gasteiger partial charge < -0.3 is 14.8 Å². The fourth-order valence-corrected chi connectivity index (χ4v) is 2.42. The maximum atomic E-state index is 12.0. The maximum absolute atomic E-state index is 12.0. The van der Waals surface area contributed by atoms with E-state index in [-0.39, 0.29) is 5.91 Å². The molecular weight excluding hydrogens is 338 g/mol. The third-order valence-corrected chi connectivity index (χ3v) is 3.88. The van der Waals surface area contributed by atoms with Crippen LogP contribution >= 0.6 is 11.6 Å². The van der Waals surface area contributed by atoms with Gasteiger partial charge in [0.15, 0.2) is 6.10 Å². The van der Waals surface area contributed by atoms with Crippen LogP contribution in [0, 0.1) is 0 Å². The Bertz CT molecular complexity index is 656. The number of aryl methyl sites for hydroxylation is 1. The number of hydrogen-bond donors (Lipinski definition) is 1. The molecule has 1 amide bonds. The molecule has 0 aromatic heterocycles. The molecule has 0 spiro atoms. The molecule has 4 nitrogen and oxygen atoms in total. The lowest BCUT2D eigenvalue weighted by Crippen LogP contribution is -2.38. The highest BCUT2D eigenvalue weighted by atomic mass is 35.5. The third kappa shape index (κ3) is 6.67. The first kappa shape index (κ1) is 19.1. The Hall–Kier alpha value is -2.20. The Morgan fingerprint density at radius 3 is 2.36 bits per heavy atom. The van der Waals surface area contributed by atoms with Crippen LogP contribution in [0.3, 0.4) is 0 Å². The Kier molecular flexibility index (Phi) is 7.61. The second-order valence-electron chi connectivity index (χ2n) is 5.75. The SMILES string of the molecule is CCCc1ccc(OCCNC(=O)C(C)Oc2ccc(Cl)cc2)cc1. The van der Waals surface area contributed by atoms with Gasteiger partial charge in [-0.2, -0.15) is 0 Å². The van der Waals surface area contributed by atoms with E-state index in [1.807, 2.05) is 12.1 Å². The van der Waals surface area contributed by atoms with Gasteiger partial charge in [-0.25, -0.2) is 0 Å². The van der Waals surface area contributed by atoms with Gasteiger partial charge in [-0.1, -0.05) is 37.1 Å². The number of carbonyl (C=O) groups is 1. The van der Waals surface area contributed by atoms with Gasteiger partial charge in [0, 0.05) is 5.02 Å². The number of nitrogens with one attached hydrogen (secondary N) is 1. The predicted molar refractivity (Wildman–Crippen MR) is 100 cm³/mol. The van der Waals surface area contributed by atoms with Crippen molar-refractivity contribution >= 4 is 17.5 Å². The van der Waals surface area contributed by atoms with Gasteiger partial charge in [-0.15, -0.1) is 0 Å². The molecule has 0 aliphatic carbocycles. The summed E-state index contributed by atoms with van der Waals surface area (Å²) < 4.78 is 11.2. The average molecular weight is 362 g/mol. The zero-order valence-corrected chi connectivity index (χ0v) is 15.4. The lowest BCUT2D eigenvalue weighted by Gasteiger charge is -2.15. The maximum Gasteiger partial charge on any atom is 0.260 e. The molecule has 1 atom stereocenters. The first-order valence-corrected chi connectivity index (χ1v) is 8.88. The Morgan fingerprint density at radius 2 is 1.72 bits per heavy atom. The summed E-state index contributed by atoms with van der Waals surface area (Å²) in [7, 11) is 0. The minimum atomic E-state index is -0.588. The molecule has 2 aromatic rings. The molecule has 0 radical (unpaired) electrons. The molecule has 0 bridgehead atoms. The number of ether oxygens (including phenoxy) is 2. The van der Waals surface area contributed by atoms with Crippen LogP contribution in [-0.2, 0) is 11.2 Å². The van der Waals surface area contributed by atoms with Crippen LogP contribution in [0.25, 0.3) is 0 Å². The van der Waals surface area contributed by atoms with E-state index >= 15 is 0 Å². The molecular formula is C20H24ClNO3. The van der Waals surface area contributed by atoms with Gasteiger partial charge in [-0.3, -0.25) is 4.79 Å². The summed E-state index contributed by atoms with van der Waals surface area (Å²) in [4.78, 5) is 12.0. The Morgan fingerprint density at radius 1 is 1.08 bits per heavy atom. The van der Waals surface area contributed by atoms with Crippen LogP contribution in [-0.4, -0.2) is 25.2 Å². The van der Waals surface area contributed by atoms with Crippen LogP contribution in [0.4, 0.5) is 0 Å². The second-order valence-corrected chi connectivity index (χ2v) is 6.18. The summed E-state index contributed by atoms with van der Waals surface area (Å²) in [6.45, 7) is 4.69. The van der Waals surface area contributed by atoms with Gasteiger partial charge in [-0.05, 0) is 55.3 Å². The van der Waals surface area contributed by atoms with Crippen molar-refractivity contribution in [3.63, 3.8) is 0 Å². The number of benzene rings is 2. The number of hydrogen-bond acceptors (Lipinski definition) is 3. The van der Waals surface area contributed by atoms with Crippen molar-refractivity contribution in [2.45, 2.75) is 32.8 Å². The summed E-state index contributed by atoms with van der Waals surface area (Å²) in [5.74, 6) is 1.23. The van der Waals surface area contributed by atoms with E-state index in [1.54, 1.807) is 31.2 Å². The van der Waals surface area contributed by atoms with Crippen molar-refractivity contribution < 1.29 is 14.3 Å². The van der Waals surface area contributed by atoms with Crippen LogP contribution < -0.4 is 14.8 Å². The molecule has 0 aliphatic rings. The van der Waals surface area contributed by atoms with Crippen molar-refractivity contribution in [2.24, 2.45) is 0 Å². The van der Waals surface area contributed by atoms with E-state index in [0.717, 1.165) is 18.6 Å². The molecule has 134 valence electrons. The van der Waals surface area contributed by atoms with Crippen molar-refractivity contribution in [1.82, 2.24) is 5.32 Å². The standard InChI is InChI=1S/C20H24ClNO3/c1-3-4-16-5-9-18(10-6-16)24-14-13-22-20(23)15(2)25-19-11-7-17(21)8-12-19/h5-12,15H,3-4,13-14H2,1-2H3,(H,22,23). The number of halogens is 1. The Labute approximate surface area is 154 Å². The van der Waals surface area contributed by atoms with Gasteiger partial charge >= 0.3 is 0 Å². The number of carbonyl (C=O) groups excluding carboxylic acids is 1. The largest absolute Gasteiger partial charge is 0.492 e. The highest BCUT2D eigenvalue weighted by molar-refractivity contribution is 6.30. The van der Waals surface area contributed by atoms with Gasteiger partial charge in [0.25, 0.3) is 5.91 Å². The van der Waals surface area contributed by atoms with E-state index < -0.39 is 6.10 Å². The molecule has 25 heavy (non-hydrogen) atoms. The second kappa shape index (κ2) is 9.94. The highest BCUT2D eigenvalue weighted by Crippen LogP contribution is 2.17. The molecule has 0 saturated heterocycles. The molecule has 2 aromatic carbocycles. The van der Waals surface area contributed by atoms with E-state index in [9.17, 15) is 4.79 Å². The van der Waals surface area contributed by atoms with Crippen molar-refractivity contribution in [3.8, 4) is 11.5 Å². The Balaban J connectivity index is 1.68. The minimum absolute atomic E-state index is 0.183. The van der Waals surface area contributed by atoms with Crippen molar-refractivity contribution in [2.75, 3.05) is 13.2 Å². The van der Waals surface area contributed by atoms with E-state index in [4.69, 9.17) is 21.1 Å².